The van der Waals surface area contributed by atoms with Gasteiger partial charge in [-0.25, -0.2) is 0 Å². The molecular formula is C30H27N. The Morgan fingerprint density at radius 2 is 1.03 bits per heavy atom. The molecule has 1 aliphatic rings. The fourth-order valence-corrected chi connectivity index (χ4v) is 4.93. The van der Waals surface area contributed by atoms with Gasteiger partial charge in [0.25, 0.3) is 0 Å². The minimum Gasteiger partial charge on any atom is -0.291 e. The molecule has 1 heteroatoms. The highest BCUT2D eigenvalue weighted by molar-refractivity contribution is 5.84. The topological polar surface area (TPSA) is 12.0 Å². The van der Waals surface area contributed by atoms with Crippen LogP contribution in [0.15, 0.2) is 121 Å². The Hall–Kier alpha value is -3.42. The molecular weight excluding hydrogens is 374 g/mol. The van der Waals surface area contributed by atoms with Crippen LogP contribution in [0.25, 0.3) is 5.57 Å². The monoisotopic (exact) mass is 401 g/mol. The third-order valence-corrected chi connectivity index (χ3v) is 6.13. The van der Waals surface area contributed by atoms with E-state index in [0.717, 1.165) is 0 Å². The lowest BCUT2D eigenvalue weighted by Crippen LogP contribution is -2.53. The molecule has 0 aromatic heterocycles. The molecule has 0 fully saturated rings. The highest BCUT2D eigenvalue weighted by Gasteiger charge is 2.43. The van der Waals surface area contributed by atoms with E-state index in [2.05, 4.69) is 141 Å². The first-order valence-electron chi connectivity index (χ1n) is 10.9. The van der Waals surface area contributed by atoms with Crippen molar-refractivity contribution >= 4 is 5.57 Å². The number of fused-ring (bicyclic) bond motifs is 1. The summed E-state index contributed by atoms with van der Waals surface area (Å²) in [6.07, 6.45) is 2.38. The van der Waals surface area contributed by atoms with Gasteiger partial charge in [0.05, 0.1) is 5.54 Å². The molecule has 0 atom stereocenters. The predicted octanol–water partition coefficient (Wildman–Crippen LogP) is 6.79. The summed E-state index contributed by atoms with van der Waals surface area (Å²) in [5, 5.41) is 4.08. The molecule has 0 spiro atoms. The Labute approximate surface area is 185 Å². The molecule has 0 bridgehead atoms. The molecule has 1 N–H and O–H groups in total. The van der Waals surface area contributed by atoms with E-state index in [1.54, 1.807) is 0 Å². The SMILES string of the molecule is CC1(C)C=C(c2ccccc2)c2ccccc2C(c2ccccc2)(c2ccccc2)N1. The Bertz CT molecular complexity index is 1170. The number of rotatable bonds is 3. The lowest BCUT2D eigenvalue weighted by Gasteiger charge is -2.42. The van der Waals surface area contributed by atoms with E-state index < -0.39 is 5.54 Å². The number of hydrogen-bond donors (Lipinski definition) is 1. The van der Waals surface area contributed by atoms with Gasteiger partial charge in [0.2, 0.25) is 0 Å². The molecule has 0 saturated carbocycles. The second-order valence-electron chi connectivity index (χ2n) is 8.80. The first-order chi connectivity index (χ1) is 15.1. The van der Waals surface area contributed by atoms with E-state index >= 15 is 0 Å². The van der Waals surface area contributed by atoms with Crippen LogP contribution >= 0.6 is 0 Å². The molecule has 0 aliphatic carbocycles. The standard InChI is InChI=1S/C30H27N/c1-29(2)22-27(23-14-6-3-7-15-23)26-20-12-13-21-28(26)30(31-29,24-16-8-4-9-17-24)25-18-10-5-11-19-25/h3-22,31H,1-2H3. The molecule has 31 heavy (non-hydrogen) atoms. The number of benzene rings is 4. The van der Waals surface area contributed by atoms with Crippen LogP contribution < -0.4 is 5.32 Å². The maximum absolute atomic E-state index is 4.08. The lowest BCUT2D eigenvalue weighted by molar-refractivity contribution is 0.361. The van der Waals surface area contributed by atoms with Crippen molar-refractivity contribution in [2.75, 3.05) is 0 Å². The molecule has 1 aliphatic heterocycles. The van der Waals surface area contributed by atoms with Crippen molar-refractivity contribution < 1.29 is 0 Å². The van der Waals surface area contributed by atoms with Crippen molar-refractivity contribution in [1.82, 2.24) is 5.32 Å². The Morgan fingerprint density at radius 1 is 0.548 bits per heavy atom. The summed E-state index contributed by atoms with van der Waals surface area (Å²) in [6.45, 7) is 4.53. The highest BCUT2D eigenvalue weighted by atomic mass is 15.1. The van der Waals surface area contributed by atoms with Gasteiger partial charge in [-0.3, -0.25) is 5.32 Å². The maximum atomic E-state index is 4.08. The van der Waals surface area contributed by atoms with Crippen LogP contribution in [0.1, 0.15) is 41.7 Å². The Kier molecular flexibility index (Phi) is 4.84. The van der Waals surface area contributed by atoms with Gasteiger partial charge in [-0.05, 0) is 47.2 Å². The van der Waals surface area contributed by atoms with E-state index in [4.69, 9.17) is 0 Å². The van der Waals surface area contributed by atoms with E-state index in [0.29, 0.717) is 0 Å². The molecule has 0 radical (unpaired) electrons. The van der Waals surface area contributed by atoms with Crippen LogP contribution in [-0.4, -0.2) is 5.54 Å². The summed E-state index contributed by atoms with van der Waals surface area (Å²) in [5.74, 6) is 0. The van der Waals surface area contributed by atoms with Gasteiger partial charge in [0.15, 0.2) is 0 Å². The summed E-state index contributed by atoms with van der Waals surface area (Å²) < 4.78 is 0. The summed E-state index contributed by atoms with van der Waals surface area (Å²) >= 11 is 0. The van der Waals surface area contributed by atoms with E-state index in [1.165, 1.54) is 33.4 Å². The fourth-order valence-electron chi connectivity index (χ4n) is 4.93. The smallest absolute Gasteiger partial charge is 0.0960 e. The minimum absolute atomic E-state index is 0.254. The second-order valence-corrected chi connectivity index (χ2v) is 8.80. The van der Waals surface area contributed by atoms with E-state index in [-0.39, 0.29) is 5.54 Å². The van der Waals surface area contributed by atoms with Crippen molar-refractivity contribution in [2.24, 2.45) is 0 Å². The van der Waals surface area contributed by atoms with Crippen LogP contribution in [0.3, 0.4) is 0 Å². The highest BCUT2D eigenvalue weighted by Crippen LogP contribution is 2.45. The third kappa shape index (κ3) is 3.41. The van der Waals surface area contributed by atoms with Crippen molar-refractivity contribution in [2.45, 2.75) is 24.9 Å². The fraction of sp³-hybridized carbons (Fsp3) is 0.133. The summed E-state index contributed by atoms with van der Waals surface area (Å²) in [4.78, 5) is 0. The van der Waals surface area contributed by atoms with Crippen LogP contribution in [0, 0.1) is 0 Å². The minimum atomic E-state index is -0.477. The van der Waals surface area contributed by atoms with E-state index in [1.807, 2.05) is 0 Å². The van der Waals surface area contributed by atoms with Gasteiger partial charge in [0, 0.05) is 5.54 Å². The normalized spacial score (nSPS) is 16.6. The average molecular weight is 402 g/mol. The molecule has 1 nitrogen and oxygen atoms in total. The Balaban J connectivity index is 1.88. The summed E-state index contributed by atoms with van der Waals surface area (Å²) in [6, 6.07) is 41.2. The molecule has 4 aromatic carbocycles. The largest absolute Gasteiger partial charge is 0.291 e. The molecule has 1 heterocycles. The van der Waals surface area contributed by atoms with Gasteiger partial charge >= 0.3 is 0 Å². The molecule has 5 rings (SSSR count). The summed E-state index contributed by atoms with van der Waals surface area (Å²) in [5.41, 5.74) is 6.79. The lowest BCUT2D eigenvalue weighted by atomic mass is 9.74. The molecule has 0 saturated heterocycles. The van der Waals surface area contributed by atoms with Gasteiger partial charge in [-0.15, -0.1) is 0 Å². The van der Waals surface area contributed by atoms with Crippen molar-refractivity contribution in [1.29, 1.82) is 0 Å². The van der Waals surface area contributed by atoms with Crippen molar-refractivity contribution in [3.63, 3.8) is 0 Å². The predicted molar refractivity (Wildman–Crippen MR) is 130 cm³/mol. The zero-order chi connectivity index (χ0) is 21.3. The van der Waals surface area contributed by atoms with Crippen LogP contribution in [0.2, 0.25) is 0 Å². The van der Waals surface area contributed by atoms with Crippen molar-refractivity contribution in [3.8, 4) is 0 Å². The molecule has 4 aromatic rings. The van der Waals surface area contributed by atoms with Crippen LogP contribution in [0.5, 0.6) is 0 Å². The van der Waals surface area contributed by atoms with Gasteiger partial charge in [-0.1, -0.05) is 121 Å². The molecule has 0 unspecified atom stereocenters. The quantitative estimate of drug-likeness (QED) is 0.398. The number of hydrogen-bond acceptors (Lipinski definition) is 1. The first-order valence-corrected chi connectivity index (χ1v) is 10.9. The van der Waals surface area contributed by atoms with Gasteiger partial charge in [0.1, 0.15) is 0 Å². The zero-order valence-electron chi connectivity index (χ0n) is 18.0. The van der Waals surface area contributed by atoms with E-state index in [9.17, 15) is 0 Å². The average Bonchev–Trinajstić information content (AvgIpc) is 2.93. The number of nitrogens with one attached hydrogen (secondary N) is 1. The zero-order valence-corrected chi connectivity index (χ0v) is 18.0. The van der Waals surface area contributed by atoms with Gasteiger partial charge < -0.3 is 0 Å². The van der Waals surface area contributed by atoms with Gasteiger partial charge in [-0.2, -0.15) is 0 Å². The van der Waals surface area contributed by atoms with Crippen molar-refractivity contribution in [3.05, 3.63) is 149 Å². The first kappa shape index (κ1) is 19.5. The maximum Gasteiger partial charge on any atom is 0.0960 e. The Morgan fingerprint density at radius 3 is 1.61 bits per heavy atom. The van der Waals surface area contributed by atoms with Crippen LogP contribution in [-0.2, 0) is 5.54 Å². The third-order valence-electron chi connectivity index (χ3n) is 6.13. The summed E-state index contributed by atoms with van der Waals surface area (Å²) in [7, 11) is 0. The molecule has 152 valence electrons. The van der Waals surface area contributed by atoms with Crippen LogP contribution in [0.4, 0.5) is 0 Å². The molecule has 0 amide bonds. The second kappa shape index (κ2) is 7.68.